The Bertz CT molecular complexity index is 44.5. The Kier molecular flexibility index (Phi) is 14.7. The highest BCUT2D eigenvalue weighted by atomic mass is 16.3. The summed E-state index contributed by atoms with van der Waals surface area (Å²) in [6.45, 7) is 10.3. The molecule has 0 amide bonds. The second-order valence-corrected chi connectivity index (χ2v) is 2.32. The van der Waals surface area contributed by atoms with Gasteiger partial charge in [-0.1, -0.05) is 20.3 Å². The van der Waals surface area contributed by atoms with Crippen molar-refractivity contribution in [3.63, 3.8) is 0 Å². The highest BCUT2D eigenvalue weighted by Crippen LogP contribution is 1.76. The average Bonchev–Trinajstić information content (AvgIpc) is 1.91. The molecule has 10 heavy (non-hydrogen) atoms. The van der Waals surface area contributed by atoms with E-state index in [0.29, 0.717) is 0 Å². The number of rotatable bonds is 3. The van der Waals surface area contributed by atoms with Gasteiger partial charge in [-0.2, -0.15) is 0 Å². The largest absolute Gasteiger partial charge is 0.852 e. The third-order valence-corrected chi connectivity index (χ3v) is 1.15. The molecule has 0 aliphatic heterocycles. The fourth-order valence-corrected chi connectivity index (χ4v) is 0.289. The molecule has 1 atom stereocenters. The zero-order valence-corrected chi connectivity index (χ0v) is 7.68. The van der Waals surface area contributed by atoms with Crippen molar-refractivity contribution in [1.82, 2.24) is 0 Å². The molecule has 0 aliphatic carbocycles. The van der Waals surface area contributed by atoms with Gasteiger partial charge in [0, 0.05) is 0 Å². The molecular formula is C8H21NO. The summed E-state index contributed by atoms with van der Waals surface area (Å²) in [5.41, 5.74) is 0. The Hall–Kier alpha value is -0.0800. The first-order valence-electron chi connectivity index (χ1n) is 4.16. The van der Waals surface area contributed by atoms with Crippen LogP contribution in [0, 0.1) is 0 Å². The van der Waals surface area contributed by atoms with Crippen molar-refractivity contribution in [2.75, 3.05) is 13.1 Å². The molecule has 2 N–H and O–H groups in total. The summed E-state index contributed by atoms with van der Waals surface area (Å²) >= 11 is 0. The molecule has 0 aromatic rings. The molecule has 0 spiro atoms. The van der Waals surface area contributed by atoms with Crippen LogP contribution in [-0.4, -0.2) is 19.2 Å². The lowest BCUT2D eigenvalue weighted by atomic mass is 10.3. The first-order chi connectivity index (χ1) is 4.68. The molecule has 0 heterocycles. The molecule has 0 aliphatic rings. The van der Waals surface area contributed by atoms with Gasteiger partial charge in [0.05, 0.1) is 13.1 Å². The van der Waals surface area contributed by atoms with Crippen molar-refractivity contribution in [2.24, 2.45) is 0 Å². The van der Waals surface area contributed by atoms with Crippen molar-refractivity contribution in [3.05, 3.63) is 0 Å². The van der Waals surface area contributed by atoms with Gasteiger partial charge in [0.15, 0.2) is 0 Å². The first kappa shape index (κ1) is 12.6. The molecule has 1 unspecified atom stereocenters. The maximum atomic E-state index is 9.90. The van der Waals surface area contributed by atoms with Gasteiger partial charge in [-0.05, 0) is 13.8 Å². The minimum atomic E-state index is -0.366. The molecule has 0 bridgehead atoms. The molecular weight excluding hydrogens is 126 g/mol. The normalized spacial score (nSPS) is 11.7. The SMILES string of the molecule is CCC(C)[O-].CC[NH2+]CC. The monoisotopic (exact) mass is 147 g/mol. The van der Waals surface area contributed by atoms with Crippen molar-refractivity contribution in [2.45, 2.75) is 40.2 Å². The molecule has 0 rings (SSSR count). The standard InChI is InChI=1S/C4H11N.C4H9O/c1-3-5-4-2;1-3-4(2)5/h5H,3-4H2,1-2H3;4H,3H2,1-2H3/q;-1/p+1. The second kappa shape index (κ2) is 11.7. The van der Waals surface area contributed by atoms with E-state index in [4.69, 9.17) is 0 Å². The van der Waals surface area contributed by atoms with E-state index >= 15 is 0 Å². The quantitative estimate of drug-likeness (QED) is 0.587. The lowest BCUT2D eigenvalue weighted by Gasteiger charge is -2.09. The average molecular weight is 147 g/mol. The Morgan fingerprint density at radius 1 is 1.20 bits per heavy atom. The van der Waals surface area contributed by atoms with Gasteiger partial charge in [-0.15, -0.1) is 6.10 Å². The van der Waals surface area contributed by atoms with Crippen LogP contribution in [-0.2, 0) is 0 Å². The van der Waals surface area contributed by atoms with E-state index in [9.17, 15) is 5.11 Å². The van der Waals surface area contributed by atoms with Crippen molar-refractivity contribution >= 4 is 0 Å². The van der Waals surface area contributed by atoms with Crippen LogP contribution < -0.4 is 10.4 Å². The topological polar surface area (TPSA) is 39.7 Å². The summed E-state index contributed by atoms with van der Waals surface area (Å²) in [7, 11) is 0. The first-order valence-corrected chi connectivity index (χ1v) is 4.16. The Morgan fingerprint density at radius 3 is 1.50 bits per heavy atom. The minimum Gasteiger partial charge on any atom is -0.852 e. The van der Waals surface area contributed by atoms with Gasteiger partial charge in [0.1, 0.15) is 0 Å². The molecule has 2 nitrogen and oxygen atoms in total. The fraction of sp³-hybridized carbons (Fsp3) is 1.00. The summed E-state index contributed by atoms with van der Waals surface area (Å²) in [5.74, 6) is 0. The predicted octanol–water partition coefficient (Wildman–Crippen LogP) is -0.265. The van der Waals surface area contributed by atoms with Gasteiger partial charge >= 0.3 is 0 Å². The van der Waals surface area contributed by atoms with Crippen LogP contribution in [0.5, 0.6) is 0 Å². The van der Waals surface area contributed by atoms with E-state index < -0.39 is 0 Å². The van der Waals surface area contributed by atoms with Crippen LogP contribution in [0.1, 0.15) is 34.1 Å². The predicted molar refractivity (Wildman–Crippen MR) is 42.8 cm³/mol. The van der Waals surface area contributed by atoms with E-state index in [1.165, 1.54) is 13.1 Å². The van der Waals surface area contributed by atoms with E-state index in [-0.39, 0.29) is 6.10 Å². The second-order valence-electron chi connectivity index (χ2n) is 2.32. The maximum Gasteiger partial charge on any atom is 0.0726 e. The van der Waals surface area contributed by atoms with Gasteiger partial charge in [0.25, 0.3) is 0 Å². The molecule has 0 radical (unpaired) electrons. The van der Waals surface area contributed by atoms with Gasteiger partial charge in [-0.25, -0.2) is 0 Å². The highest BCUT2D eigenvalue weighted by molar-refractivity contribution is 4.31. The van der Waals surface area contributed by atoms with Crippen LogP contribution in [0.25, 0.3) is 0 Å². The maximum absolute atomic E-state index is 9.90. The molecule has 0 fully saturated rings. The minimum absolute atomic E-state index is 0.366. The smallest absolute Gasteiger partial charge is 0.0726 e. The zero-order chi connectivity index (χ0) is 8.41. The molecule has 0 aromatic carbocycles. The molecule has 2 heteroatoms. The van der Waals surface area contributed by atoms with Crippen molar-refractivity contribution in [1.29, 1.82) is 0 Å². The van der Waals surface area contributed by atoms with Crippen LogP contribution >= 0.6 is 0 Å². The van der Waals surface area contributed by atoms with Crippen LogP contribution in [0.4, 0.5) is 0 Å². The summed E-state index contributed by atoms with van der Waals surface area (Å²) in [6, 6.07) is 0. The van der Waals surface area contributed by atoms with Crippen molar-refractivity contribution < 1.29 is 10.4 Å². The molecule has 0 saturated carbocycles. The van der Waals surface area contributed by atoms with E-state index in [0.717, 1.165) is 6.42 Å². The van der Waals surface area contributed by atoms with Gasteiger partial charge in [0.2, 0.25) is 0 Å². The van der Waals surface area contributed by atoms with E-state index in [1.54, 1.807) is 6.92 Å². The van der Waals surface area contributed by atoms with Crippen molar-refractivity contribution in [3.8, 4) is 0 Å². The summed E-state index contributed by atoms with van der Waals surface area (Å²) in [4.78, 5) is 0. The molecule has 0 saturated heterocycles. The number of hydrogen-bond donors (Lipinski definition) is 1. The lowest BCUT2D eigenvalue weighted by Crippen LogP contribution is -2.82. The zero-order valence-electron chi connectivity index (χ0n) is 7.68. The Morgan fingerprint density at radius 2 is 1.50 bits per heavy atom. The van der Waals surface area contributed by atoms with Crippen LogP contribution in [0.3, 0.4) is 0 Å². The van der Waals surface area contributed by atoms with Crippen LogP contribution in [0.2, 0.25) is 0 Å². The third-order valence-electron chi connectivity index (χ3n) is 1.15. The van der Waals surface area contributed by atoms with E-state index in [2.05, 4.69) is 19.2 Å². The van der Waals surface area contributed by atoms with E-state index in [1.807, 2.05) is 6.92 Å². The van der Waals surface area contributed by atoms with Gasteiger partial charge < -0.3 is 10.4 Å². The van der Waals surface area contributed by atoms with Gasteiger partial charge in [-0.3, -0.25) is 0 Å². The Balaban J connectivity index is 0. The van der Waals surface area contributed by atoms with Crippen LogP contribution in [0.15, 0.2) is 0 Å². The number of quaternary nitrogens is 1. The fourth-order valence-electron chi connectivity index (χ4n) is 0.289. The molecule has 64 valence electrons. The lowest BCUT2D eigenvalue weighted by molar-refractivity contribution is -0.648. The highest BCUT2D eigenvalue weighted by Gasteiger charge is 1.68. The third kappa shape index (κ3) is 24.7. The summed E-state index contributed by atoms with van der Waals surface area (Å²) in [6.07, 6.45) is 0.384. The number of nitrogens with two attached hydrogens (primary N) is 1. The molecule has 0 aromatic heterocycles. The number of hydrogen-bond acceptors (Lipinski definition) is 1. The Labute approximate surface area is 64.6 Å². The summed E-state index contributed by atoms with van der Waals surface area (Å²) in [5, 5.41) is 12.1. The summed E-state index contributed by atoms with van der Waals surface area (Å²) < 4.78 is 0.